The minimum absolute atomic E-state index is 0.0101. The average molecular weight is 409 g/mol. The molecule has 1 atom stereocenters. The van der Waals surface area contributed by atoms with Crippen LogP contribution in [0, 0.1) is 11.6 Å². The summed E-state index contributed by atoms with van der Waals surface area (Å²) in [6.45, 7) is 0. The highest BCUT2D eigenvalue weighted by molar-refractivity contribution is 7.86. The van der Waals surface area contributed by atoms with Crippen molar-refractivity contribution in [3.63, 3.8) is 0 Å². The van der Waals surface area contributed by atoms with E-state index in [9.17, 15) is 22.0 Å². The molecule has 1 aliphatic heterocycles. The lowest BCUT2D eigenvalue weighted by Crippen LogP contribution is -2.39. The Balaban J connectivity index is 1.88. The zero-order valence-electron chi connectivity index (χ0n) is 15.0. The van der Waals surface area contributed by atoms with Crippen LogP contribution >= 0.6 is 0 Å². The molecule has 4 rings (SSSR count). The molecule has 0 amide bonds. The molecule has 2 heterocycles. The number of hydrogen-bond donors (Lipinski definition) is 0. The molecule has 6 nitrogen and oxygen atoms in total. The zero-order valence-corrected chi connectivity index (χ0v) is 15.8. The molecule has 0 spiro atoms. The van der Waals surface area contributed by atoms with E-state index in [1.165, 1.54) is 6.07 Å². The third-order valence-corrected chi connectivity index (χ3v) is 5.66. The van der Waals surface area contributed by atoms with E-state index >= 15 is 0 Å². The highest BCUT2D eigenvalue weighted by atomic mass is 32.2. The van der Waals surface area contributed by atoms with Gasteiger partial charge in [0.2, 0.25) is 11.2 Å². The van der Waals surface area contributed by atoms with Crippen molar-refractivity contribution >= 4 is 21.5 Å². The summed E-state index contributed by atoms with van der Waals surface area (Å²) in [4.78, 5) is 16.7. The van der Waals surface area contributed by atoms with Crippen LogP contribution in [0.1, 0.15) is 37.0 Å². The first-order chi connectivity index (χ1) is 13.2. The smallest absolute Gasteiger partial charge is 0.306 e. The third kappa shape index (κ3) is 3.13. The number of aliphatic imine (C=N–C) groups is 1. The highest BCUT2D eigenvalue weighted by Crippen LogP contribution is 2.51. The Morgan fingerprint density at radius 1 is 1.29 bits per heavy atom. The van der Waals surface area contributed by atoms with Gasteiger partial charge in [-0.25, -0.2) is 8.78 Å². The number of nitrogens with zero attached hydrogens (tertiary/aromatic N) is 1. The second-order valence-corrected chi connectivity index (χ2v) is 8.71. The lowest BCUT2D eigenvalue weighted by atomic mass is 9.66. The van der Waals surface area contributed by atoms with Crippen LogP contribution in [-0.4, -0.2) is 20.4 Å². The van der Waals surface area contributed by atoms with Gasteiger partial charge >= 0.3 is 10.1 Å². The topological polar surface area (TPSA) is 85.9 Å². The van der Waals surface area contributed by atoms with E-state index in [2.05, 4.69) is 4.99 Å². The summed E-state index contributed by atoms with van der Waals surface area (Å²) in [6.07, 6.45) is 4.68. The molecule has 1 aliphatic carbocycles. The van der Waals surface area contributed by atoms with Crippen LogP contribution in [0.5, 0.6) is 5.75 Å². The van der Waals surface area contributed by atoms with E-state index in [4.69, 9.17) is 8.60 Å². The van der Waals surface area contributed by atoms with Crippen molar-refractivity contribution in [3.8, 4) is 5.75 Å². The van der Waals surface area contributed by atoms with Gasteiger partial charge in [-0.15, -0.1) is 0 Å². The fraction of sp³-hybridized carbons (Fsp3) is 0.368. The lowest BCUT2D eigenvalue weighted by molar-refractivity contribution is 0.373. The summed E-state index contributed by atoms with van der Waals surface area (Å²) in [6, 6.07) is 3.04. The fourth-order valence-electron chi connectivity index (χ4n) is 4.16. The lowest BCUT2D eigenvalue weighted by Gasteiger charge is -2.35. The molecule has 1 unspecified atom stereocenters. The van der Waals surface area contributed by atoms with Gasteiger partial charge < -0.3 is 8.60 Å². The Morgan fingerprint density at radius 2 is 2.07 bits per heavy atom. The normalized spacial score (nSPS) is 21.0. The molecular weight excluding hydrogens is 392 g/mol. The number of fused-ring (bicyclic) bond motifs is 3. The van der Waals surface area contributed by atoms with Crippen molar-refractivity contribution in [2.45, 2.75) is 37.5 Å². The van der Waals surface area contributed by atoms with Gasteiger partial charge in [-0.05, 0) is 25.3 Å². The van der Waals surface area contributed by atoms with Crippen LogP contribution in [0.25, 0.3) is 0 Å². The van der Waals surface area contributed by atoms with Crippen molar-refractivity contribution in [1.29, 1.82) is 0 Å². The maximum atomic E-state index is 14.8. The summed E-state index contributed by atoms with van der Waals surface area (Å²) < 4.78 is 61.9. The summed E-state index contributed by atoms with van der Waals surface area (Å²) in [5.74, 6) is -1.90. The molecule has 9 heteroatoms. The quantitative estimate of drug-likeness (QED) is 0.723. The first kappa shape index (κ1) is 18.8. The second kappa shape index (κ2) is 6.51. The average Bonchev–Trinajstić information content (AvgIpc) is 2.90. The van der Waals surface area contributed by atoms with Crippen molar-refractivity contribution in [1.82, 2.24) is 0 Å². The molecule has 2 aliphatic rings. The molecule has 0 N–H and O–H groups in total. The van der Waals surface area contributed by atoms with E-state index in [-0.39, 0.29) is 23.4 Å². The Bertz CT molecular complexity index is 1160. The first-order valence-corrected chi connectivity index (χ1v) is 10.6. The number of rotatable bonds is 4. The minimum atomic E-state index is -3.98. The van der Waals surface area contributed by atoms with Gasteiger partial charge in [-0.2, -0.15) is 8.42 Å². The Hall–Kier alpha value is -2.55. The molecule has 0 saturated heterocycles. The Morgan fingerprint density at radius 3 is 2.82 bits per heavy atom. The second-order valence-electron chi connectivity index (χ2n) is 7.13. The zero-order chi connectivity index (χ0) is 20.1. The highest BCUT2D eigenvalue weighted by Gasteiger charge is 2.48. The van der Waals surface area contributed by atoms with Gasteiger partial charge in [0.15, 0.2) is 5.76 Å². The Kier molecular flexibility index (Phi) is 4.37. The van der Waals surface area contributed by atoms with Gasteiger partial charge in [0.05, 0.1) is 18.2 Å². The SMILES string of the molecule is CS(=O)(=O)Oc1c(CC23CCCCC2=Nc2cc(F)cc(F)c23)occc1=O. The monoisotopic (exact) mass is 409 g/mol. The summed E-state index contributed by atoms with van der Waals surface area (Å²) in [5.41, 5.74) is -0.443. The molecular formula is C19H17F2NO5S. The van der Waals surface area contributed by atoms with Crippen LogP contribution in [0.15, 0.2) is 38.7 Å². The van der Waals surface area contributed by atoms with Gasteiger partial charge in [-0.1, -0.05) is 6.42 Å². The predicted molar refractivity (Wildman–Crippen MR) is 97.8 cm³/mol. The molecule has 1 aromatic heterocycles. The van der Waals surface area contributed by atoms with E-state index in [0.717, 1.165) is 37.5 Å². The van der Waals surface area contributed by atoms with Crippen LogP contribution < -0.4 is 9.61 Å². The van der Waals surface area contributed by atoms with Crippen molar-refractivity contribution in [2.24, 2.45) is 4.99 Å². The summed E-state index contributed by atoms with van der Waals surface area (Å²) >= 11 is 0. The number of hydrogen-bond acceptors (Lipinski definition) is 6. The molecule has 2 aromatic rings. The van der Waals surface area contributed by atoms with Gasteiger partial charge in [0, 0.05) is 35.2 Å². The van der Waals surface area contributed by atoms with E-state index < -0.39 is 38.3 Å². The maximum absolute atomic E-state index is 14.8. The molecule has 0 bridgehead atoms. The van der Waals surface area contributed by atoms with Crippen LogP contribution in [0.3, 0.4) is 0 Å². The van der Waals surface area contributed by atoms with Gasteiger partial charge in [0.1, 0.15) is 11.6 Å². The minimum Gasteiger partial charge on any atom is -0.465 e. The van der Waals surface area contributed by atoms with Crippen molar-refractivity contribution in [3.05, 3.63) is 57.6 Å². The van der Waals surface area contributed by atoms with Crippen molar-refractivity contribution in [2.75, 3.05) is 6.26 Å². The fourth-order valence-corrected chi connectivity index (χ4v) is 4.64. The number of halogens is 2. The Labute approximate surface area is 160 Å². The summed E-state index contributed by atoms with van der Waals surface area (Å²) in [7, 11) is -3.98. The van der Waals surface area contributed by atoms with Gasteiger partial charge in [-0.3, -0.25) is 9.79 Å². The molecule has 28 heavy (non-hydrogen) atoms. The van der Waals surface area contributed by atoms with Crippen molar-refractivity contribution < 1.29 is 25.8 Å². The molecule has 1 fully saturated rings. The van der Waals surface area contributed by atoms with E-state index in [0.29, 0.717) is 18.6 Å². The predicted octanol–water partition coefficient (Wildman–Crippen LogP) is 3.40. The third-order valence-electron chi connectivity index (χ3n) is 5.19. The molecule has 1 aromatic carbocycles. The summed E-state index contributed by atoms with van der Waals surface area (Å²) in [5, 5.41) is 0. The van der Waals surface area contributed by atoms with Crippen LogP contribution in [0.4, 0.5) is 14.5 Å². The first-order valence-electron chi connectivity index (χ1n) is 8.77. The van der Waals surface area contributed by atoms with E-state index in [1.54, 1.807) is 0 Å². The van der Waals surface area contributed by atoms with Crippen LogP contribution in [-0.2, 0) is 22.0 Å². The van der Waals surface area contributed by atoms with E-state index in [1.807, 2.05) is 0 Å². The van der Waals surface area contributed by atoms with Gasteiger partial charge in [0.25, 0.3) is 0 Å². The largest absolute Gasteiger partial charge is 0.465 e. The standard InChI is InChI=1S/C19H17F2NO5S/c1-28(24,25)27-18-14(23)5-7-26-15(18)10-19-6-3-2-4-16(19)22-13-9-11(20)8-12(21)17(13)19/h5,7-9H,2-4,6,10H2,1H3. The molecule has 1 saturated carbocycles. The maximum Gasteiger partial charge on any atom is 0.306 e. The molecule has 0 radical (unpaired) electrons. The van der Waals surface area contributed by atoms with Crippen LogP contribution in [0.2, 0.25) is 0 Å². The molecule has 148 valence electrons. The number of benzene rings is 1.